The number of ether oxygens (including phenoxy) is 1. The fraction of sp³-hybridized carbons (Fsp3) is 0.125. The molecule has 0 bridgehead atoms. The van der Waals surface area contributed by atoms with E-state index in [2.05, 4.69) is 36.8 Å². The molecule has 0 saturated carbocycles. The maximum absolute atomic E-state index is 13.2. The first-order valence-electron chi connectivity index (χ1n) is 10.3. The number of nitrogen functional groups attached to an aromatic ring is 1. The molecule has 2 N–H and O–H groups in total. The van der Waals surface area contributed by atoms with E-state index >= 15 is 0 Å². The van der Waals surface area contributed by atoms with Crippen molar-refractivity contribution in [1.82, 2.24) is 9.55 Å². The van der Waals surface area contributed by atoms with Gasteiger partial charge in [0.1, 0.15) is 16.6 Å². The number of nitrogens with zero attached hydrogens (tertiary/aromatic N) is 2. The molecule has 1 unspecified atom stereocenters. The van der Waals surface area contributed by atoms with Crippen molar-refractivity contribution in [3.05, 3.63) is 95.6 Å². The molecule has 1 aliphatic heterocycles. The van der Waals surface area contributed by atoms with Crippen molar-refractivity contribution in [3.8, 4) is 5.88 Å². The number of oxazole rings is 2. The van der Waals surface area contributed by atoms with Gasteiger partial charge in [-0.3, -0.25) is 0 Å². The summed E-state index contributed by atoms with van der Waals surface area (Å²) in [6.07, 6.45) is 1.64. The van der Waals surface area contributed by atoms with Gasteiger partial charge in [-0.15, -0.1) is 0 Å². The fourth-order valence-corrected chi connectivity index (χ4v) is 4.85. The second kappa shape index (κ2) is 8.77. The largest absolute Gasteiger partial charge is 0.462 e. The molecule has 2 aromatic carbocycles. The Morgan fingerprint density at radius 1 is 1.18 bits per heavy atom. The van der Waals surface area contributed by atoms with Crippen LogP contribution in [0.15, 0.2) is 71.1 Å². The second-order valence-corrected chi connectivity index (χ2v) is 9.31. The lowest BCUT2D eigenvalue weighted by Gasteiger charge is -2.22. The molecule has 34 heavy (non-hydrogen) atoms. The van der Waals surface area contributed by atoms with Gasteiger partial charge in [0.2, 0.25) is 11.4 Å². The van der Waals surface area contributed by atoms with Crippen molar-refractivity contribution in [2.45, 2.75) is 12.8 Å². The van der Waals surface area contributed by atoms with E-state index in [0.717, 1.165) is 20.1 Å². The summed E-state index contributed by atoms with van der Waals surface area (Å²) in [4.78, 5) is 30.6. The van der Waals surface area contributed by atoms with Crippen molar-refractivity contribution in [1.29, 1.82) is 0 Å². The third-order valence-electron chi connectivity index (χ3n) is 5.32. The van der Waals surface area contributed by atoms with Crippen LogP contribution in [-0.4, -0.2) is 22.1 Å². The molecule has 0 radical (unpaired) electrons. The van der Waals surface area contributed by atoms with E-state index in [9.17, 15) is 9.59 Å². The van der Waals surface area contributed by atoms with E-state index in [0.29, 0.717) is 5.69 Å². The van der Waals surface area contributed by atoms with Gasteiger partial charge in [-0.05, 0) is 48.4 Å². The zero-order chi connectivity index (χ0) is 24.0. The van der Waals surface area contributed by atoms with E-state index in [1.807, 2.05) is 48.5 Å². The lowest BCUT2D eigenvalue weighted by Crippen LogP contribution is -2.37. The normalized spacial score (nSPS) is 15.2. The minimum absolute atomic E-state index is 0.0123. The predicted molar refractivity (Wildman–Crippen MR) is 132 cm³/mol. The molecule has 0 spiro atoms. The Labute approximate surface area is 209 Å². The van der Waals surface area contributed by atoms with E-state index in [-0.39, 0.29) is 35.0 Å². The maximum Gasteiger partial charge on any atom is 0.362 e. The second-order valence-electron chi connectivity index (χ2n) is 7.48. The van der Waals surface area contributed by atoms with Crippen molar-refractivity contribution in [2.75, 3.05) is 12.3 Å². The number of esters is 1. The summed E-state index contributed by atoms with van der Waals surface area (Å²) in [5.74, 6) is -1.15. The topological polar surface area (TPSA) is 113 Å². The van der Waals surface area contributed by atoms with Crippen molar-refractivity contribution in [3.63, 3.8) is 0 Å². The lowest BCUT2D eigenvalue weighted by molar-refractivity contribution is -0.136. The predicted octanol–water partition coefficient (Wildman–Crippen LogP) is 3.21. The van der Waals surface area contributed by atoms with Crippen molar-refractivity contribution >= 4 is 55.5 Å². The van der Waals surface area contributed by atoms with E-state index in [4.69, 9.17) is 19.3 Å². The van der Waals surface area contributed by atoms with Crippen LogP contribution in [0.3, 0.4) is 0 Å². The first-order valence-corrected chi connectivity index (χ1v) is 11.9. The summed E-state index contributed by atoms with van der Waals surface area (Å²) in [6, 6.07) is 14.7. The molecule has 0 saturated heterocycles. The molecule has 4 aromatic rings. The number of hydrogen-bond donors (Lipinski definition) is 1. The Bertz CT molecular complexity index is 1620. The van der Waals surface area contributed by atoms with Gasteiger partial charge in [-0.25, -0.2) is 14.2 Å². The number of nitrogens with two attached hydrogens (primary N) is 1. The minimum atomic E-state index is -0.725. The van der Waals surface area contributed by atoms with Crippen molar-refractivity contribution < 1.29 is 18.4 Å². The highest BCUT2D eigenvalue weighted by atomic mass is 79.9. The molecule has 1 aliphatic rings. The Morgan fingerprint density at radius 3 is 2.62 bits per heavy atom. The number of hydrogen-bond acceptors (Lipinski definition) is 7. The van der Waals surface area contributed by atoms with E-state index in [1.165, 1.54) is 4.57 Å². The SMILES string of the molecule is CCOC(=O)C1=c2oc(=O)/c(=C\c3cccc(Br)c3)n2-c2oc(N)nc2C1c1cccc(Br)c1. The van der Waals surface area contributed by atoms with Gasteiger partial charge in [0.05, 0.1) is 12.5 Å². The highest BCUT2D eigenvalue weighted by molar-refractivity contribution is 9.10. The van der Waals surface area contributed by atoms with Crippen LogP contribution in [0.25, 0.3) is 17.5 Å². The van der Waals surface area contributed by atoms with Crippen LogP contribution in [-0.2, 0) is 9.53 Å². The number of aromatic nitrogens is 2. The highest BCUT2D eigenvalue weighted by Gasteiger charge is 2.39. The molecule has 5 rings (SSSR count). The number of benzene rings is 2. The molecule has 10 heteroatoms. The van der Waals surface area contributed by atoms with Crippen LogP contribution in [0.1, 0.15) is 29.7 Å². The van der Waals surface area contributed by atoms with Gasteiger partial charge in [-0.2, -0.15) is 4.98 Å². The van der Waals surface area contributed by atoms with E-state index in [1.54, 1.807) is 13.0 Å². The summed E-state index contributed by atoms with van der Waals surface area (Å²) in [7, 11) is 0. The molecule has 0 aliphatic carbocycles. The first kappa shape index (κ1) is 22.4. The zero-order valence-electron chi connectivity index (χ0n) is 17.7. The third kappa shape index (κ3) is 3.82. The van der Waals surface area contributed by atoms with Crippen LogP contribution >= 0.6 is 31.9 Å². The first-order chi connectivity index (χ1) is 16.4. The molecule has 172 valence electrons. The smallest absolute Gasteiger partial charge is 0.362 e. The van der Waals surface area contributed by atoms with Gasteiger partial charge in [0, 0.05) is 8.95 Å². The number of halogens is 2. The summed E-state index contributed by atoms with van der Waals surface area (Å²) < 4.78 is 19.8. The Hall–Kier alpha value is -3.37. The number of rotatable bonds is 4. The molecule has 8 nitrogen and oxygen atoms in total. The molecule has 0 amide bonds. The number of carbonyl (C=O) groups is 1. The number of fused-ring (bicyclic) bond motifs is 3. The number of carbonyl (C=O) groups excluding carboxylic acids is 1. The average Bonchev–Trinajstić information content (AvgIpc) is 3.32. The van der Waals surface area contributed by atoms with Gasteiger partial charge in [0.15, 0.2) is 0 Å². The van der Waals surface area contributed by atoms with Gasteiger partial charge in [0.25, 0.3) is 6.01 Å². The number of anilines is 1. The van der Waals surface area contributed by atoms with Gasteiger partial charge in [-0.1, -0.05) is 56.1 Å². The van der Waals surface area contributed by atoms with Crippen molar-refractivity contribution in [2.24, 2.45) is 0 Å². The molecular weight excluding hydrogens is 570 g/mol. The Balaban J connectivity index is 1.91. The third-order valence-corrected chi connectivity index (χ3v) is 6.31. The minimum Gasteiger partial charge on any atom is -0.462 e. The summed E-state index contributed by atoms with van der Waals surface area (Å²) >= 11 is 6.90. The van der Waals surface area contributed by atoms with Gasteiger partial charge >= 0.3 is 11.6 Å². The van der Waals surface area contributed by atoms with Gasteiger partial charge < -0.3 is 19.3 Å². The molecule has 0 fully saturated rings. The monoisotopic (exact) mass is 585 g/mol. The maximum atomic E-state index is 13.2. The molecular formula is C24H17Br2N3O5. The molecule has 3 heterocycles. The van der Waals surface area contributed by atoms with Crippen LogP contribution in [0.4, 0.5) is 6.01 Å². The highest BCUT2D eigenvalue weighted by Crippen LogP contribution is 2.39. The quantitative estimate of drug-likeness (QED) is 0.365. The Kier molecular flexibility index (Phi) is 5.78. The van der Waals surface area contributed by atoms with Crippen LogP contribution in [0.5, 0.6) is 0 Å². The summed E-state index contributed by atoms with van der Waals surface area (Å²) in [5.41, 5.74) is 7.28. The average molecular weight is 587 g/mol. The zero-order valence-corrected chi connectivity index (χ0v) is 20.9. The molecule has 1 atom stereocenters. The van der Waals surface area contributed by atoms with E-state index < -0.39 is 17.5 Å². The summed E-state index contributed by atoms with van der Waals surface area (Å²) in [5, 5.41) is 0.153. The standard InChI is InChI=1S/C24H17Br2N3O5/c1-2-32-23(31)18-17(13-6-4-8-15(26)11-13)19-21(34-24(27)28-19)29-16(22(30)33-20(18)29)10-12-5-3-7-14(25)9-12/h3-11,17H,2H2,1H3,(H2,27,28)/b16-10+. The Morgan fingerprint density at radius 2 is 1.91 bits per heavy atom. The molecule has 2 aromatic heterocycles. The fourth-order valence-electron chi connectivity index (χ4n) is 4.01. The van der Waals surface area contributed by atoms with Crippen LogP contribution in [0, 0.1) is 0 Å². The summed E-state index contributed by atoms with van der Waals surface area (Å²) in [6.45, 7) is 1.85. The van der Waals surface area contributed by atoms with Crippen LogP contribution < -0.4 is 22.3 Å². The lowest BCUT2D eigenvalue weighted by atomic mass is 9.87. The van der Waals surface area contributed by atoms with Crippen LogP contribution in [0.2, 0.25) is 0 Å².